The van der Waals surface area contributed by atoms with Crippen LogP contribution in [0.4, 0.5) is 18.9 Å². The predicted molar refractivity (Wildman–Crippen MR) is 87.1 cm³/mol. The van der Waals surface area contributed by atoms with Gasteiger partial charge >= 0.3 is 6.18 Å². The first-order valence-electron chi connectivity index (χ1n) is 8.40. The monoisotopic (exact) mass is 354 g/mol. The molecule has 1 aliphatic heterocycles. The lowest BCUT2D eigenvalue weighted by Crippen LogP contribution is -2.49. The predicted octanol–water partition coefficient (Wildman–Crippen LogP) is 3.84. The summed E-state index contributed by atoms with van der Waals surface area (Å²) in [5, 5.41) is 2.75. The summed E-state index contributed by atoms with van der Waals surface area (Å²) >= 11 is 0. The van der Waals surface area contributed by atoms with Crippen LogP contribution in [-0.2, 0) is 4.79 Å². The minimum Gasteiger partial charge on any atom is -0.333 e. The average Bonchev–Trinajstić information content (AvgIpc) is 3.30. The van der Waals surface area contributed by atoms with Crippen LogP contribution in [0.15, 0.2) is 24.3 Å². The number of halogens is 3. The molecule has 1 atom stereocenters. The van der Waals surface area contributed by atoms with Gasteiger partial charge in [-0.05, 0) is 51.3 Å². The number of hydrogen-bond acceptors (Lipinski definition) is 2. The van der Waals surface area contributed by atoms with Crippen molar-refractivity contribution >= 4 is 17.5 Å². The summed E-state index contributed by atoms with van der Waals surface area (Å²) in [6.07, 6.45) is -2.70. The van der Waals surface area contributed by atoms with Crippen molar-refractivity contribution in [1.29, 1.82) is 0 Å². The molecule has 0 radical (unpaired) electrons. The quantitative estimate of drug-likeness (QED) is 0.897. The molecule has 2 amide bonds. The lowest BCUT2D eigenvalue weighted by atomic mass is 9.87. The van der Waals surface area contributed by atoms with Crippen LogP contribution in [0.5, 0.6) is 0 Å². The SMILES string of the molecule is CC1(C)C(C(F)(F)F)CCN1C(=O)c1cccc(NC(=O)C2CC2)c1. The molecule has 25 heavy (non-hydrogen) atoms. The Morgan fingerprint density at radius 2 is 1.88 bits per heavy atom. The topological polar surface area (TPSA) is 49.4 Å². The van der Waals surface area contributed by atoms with Crippen LogP contribution in [0.1, 0.15) is 43.5 Å². The molecule has 2 aliphatic rings. The first kappa shape index (κ1) is 17.8. The van der Waals surface area contributed by atoms with Gasteiger partial charge in [0.15, 0.2) is 0 Å². The fraction of sp³-hybridized carbons (Fsp3) is 0.556. The second-order valence-electron chi connectivity index (χ2n) is 7.34. The molecule has 1 aliphatic carbocycles. The van der Waals surface area contributed by atoms with Crippen molar-refractivity contribution in [1.82, 2.24) is 4.90 Å². The van der Waals surface area contributed by atoms with Crippen molar-refractivity contribution in [2.75, 3.05) is 11.9 Å². The second kappa shape index (κ2) is 6.04. The van der Waals surface area contributed by atoms with Crippen LogP contribution >= 0.6 is 0 Å². The van der Waals surface area contributed by atoms with Crippen LogP contribution in [0.3, 0.4) is 0 Å². The Morgan fingerprint density at radius 3 is 2.44 bits per heavy atom. The van der Waals surface area contributed by atoms with Gasteiger partial charge in [-0.1, -0.05) is 6.07 Å². The molecule has 1 saturated carbocycles. The molecule has 1 aromatic carbocycles. The molecule has 1 aromatic rings. The van der Waals surface area contributed by atoms with Crippen molar-refractivity contribution in [3.05, 3.63) is 29.8 Å². The third kappa shape index (κ3) is 3.50. The molecule has 136 valence electrons. The van der Waals surface area contributed by atoms with E-state index in [-0.39, 0.29) is 30.4 Å². The van der Waals surface area contributed by atoms with Gasteiger partial charge in [0.2, 0.25) is 5.91 Å². The van der Waals surface area contributed by atoms with Gasteiger partial charge in [0, 0.05) is 29.3 Å². The molecule has 2 fully saturated rings. The van der Waals surface area contributed by atoms with Crippen LogP contribution < -0.4 is 5.32 Å². The first-order chi connectivity index (χ1) is 11.6. The highest BCUT2D eigenvalue weighted by atomic mass is 19.4. The number of carbonyl (C=O) groups excluding carboxylic acids is 2. The van der Waals surface area contributed by atoms with Crippen molar-refractivity contribution < 1.29 is 22.8 Å². The maximum atomic E-state index is 13.2. The number of carbonyl (C=O) groups is 2. The summed E-state index contributed by atoms with van der Waals surface area (Å²) in [5.41, 5.74) is -0.528. The molecule has 3 rings (SSSR count). The molecule has 1 heterocycles. The van der Waals surface area contributed by atoms with E-state index in [2.05, 4.69) is 5.32 Å². The highest BCUT2D eigenvalue weighted by molar-refractivity contribution is 5.98. The molecule has 7 heteroatoms. The molecule has 4 nitrogen and oxygen atoms in total. The van der Waals surface area contributed by atoms with E-state index in [9.17, 15) is 22.8 Å². The minimum atomic E-state index is -4.33. The fourth-order valence-corrected chi connectivity index (χ4v) is 3.49. The number of anilines is 1. The van der Waals surface area contributed by atoms with Crippen LogP contribution in [0, 0.1) is 11.8 Å². The summed E-state index contributed by atoms with van der Waals surface area (Å²) in [7, 11) is 0. The van der Waals surface area contributed by atoms with Gasteiger partial charge in [-0.2, -0.15) is 13.2 Å². The summed E-state index contributed by atoms with van der Waals surface area (Å²) in [6, 6.07) is 6.39. The molecule has 0 aromatic heterocycles. The summed E-state index contributed by atoms with van der Waals surface area (Å²) in [4.78, 5) is 25.9. The molecule has 0 spiro atoms. The van der Waals surface area contributed by atoms with Crippen LogP contribution in [-0.4, -0.2) is 35.0 Å². The second-order valence-corrected chi connectivity index (χ2v) is 7.34. The van der Waals surface area contributed by atoms with Gasteiger partial charge in [-0.15, -0.1) is 0 Å². The van der Waals surface area contributed by atoms with Gasteiger partial charge in [-0.3, -0.25) is 9.59 Å². The van der Waals surface area contributed by atoms with Gasteiger partial charge in [0.05, 0.1) is 5.92 Å². The molecule has 1 saturated heterocycles. The van der Waals surface area contributed by atoms with Crippen molar-refractivity contribution in [2.24, 2.45) is 11.8 Å². The summed E-state index contributed by atoms with van der Waals surface area (Å²) in [6.45, 7) is 2.97. The Hall–Kier alpha value is -2.05. The maximum Gasteiger partial charge on any atom is 0.394 e. The number of alkyl halides is 3. The summed E-state index contributed by atoms with van der Waals surface area (Å²) < 4.78 is 39.6. The number of rotatable bonds is 3. The number of likely N-dealkylation sites (tertiary alicyclic amines) is 1. The normalized spacial score (nSPS) is 22.8. The van der Waals surface area contributed by atoms with Crippen molar-refractivity contribution in [3.8, 4) is 0 Å². The lowest BCUT2D eigenvalue weighted by molar-refractivity contribution is -0.189. The number of hydrogen-bond donors (Lipinski definition) is 1. The Bertz CT molecular complexity index is 696. The third-order valence-corrected chi connectivity index (χ3v) is 5.16. The van der Waals surface area contributed by atoms with Crippen LogP contribution in [0.2, 0.25) is 0 Å². The largest absolute Gasteiger partial charge is 0.394 e. The summed E-state index contributed by atoms with van der Waals surface area (Å²) in [5.74, 6) is -2.03. The van der Waals surface area contributed by atoms with Gasteiger partial charge in [0.1, 0.15) is 0 Å². The van der Waals surface area contributed by atoms with E-state index in [0.717, 1.165) is 12.8 Å². The van der Waals surface area contributed by atoms with Gasteiger partial charge in [-0.25, -0.2) is 0 Å². The van der Waals surface area contributed by atoms with E-state index in [1.165, 1.54) is 24.8 Å². The Morgan fingerprint density at radius 1 is 1.20 bits per heavy atom. The van der Waals surface area contributed by atoms with E-state index in [0.29, 0.717) is 5.69 Å². The third-order valence-electron chi connectivity index (χ3n) is 5.16. The van der Waals surface area contributed by atoms with Crippen LogP contribution in [0.25, 0.3) is 0 Å². The minimum absolute atomic E-state index is 0.0319. The highest BCUT2D eigenvalue weighted by Gasteiger charge is 2.56. The zero-order valence-electron chi connectivity index (χ0n) is 14.2. The van der Waals surface area contributed by atoms with E-state index in [4.69, 9.17) is 0 Å². The molecule has 1 unspecified atom stereocenters. The first-order valence-corrected chi connectivity index (χ1v) is 8.40. The van der Waals surface area contributed by atoms with E-state index in [1.54, 1.807) is 18.2 Å². The fourth-order valence-electron chi connectivity index (χ4n) is 3.49. The number of nitrogens with one attached hydrogen (secondary N) is 1. The van der Waals surface area contributed by atoms with E-state index in [1.807, 2.05) is 0 Å². The standard InChI is InChI=1S/C18H21F3N2O2/c1-17(2)14(18(19,20)21)8-9-23(17)16(25)12-4-3-5-13(10-12)22-15(24)11-6-7-11/h3-5,10-11,14H,6-9H2,1-2H3,(H,22,24). The Kier molecular flexibility index (Phi) is 4.29. The van der Waals surface area contributed by atoms with Crippen molar-refractivity contribution in [2.45, 2.75) is 44.8 Å². The molecular formula is C18H21F3N2O2. The molecular weight excluding hydrogens is 333 g/mol. The Labute approximate surface area is 144 Å². The zero-order chi connectivity index (χ0) is 18.4. The highest BCUT2D eigenvalue weighted by Crippen LogP contribution is 2.45. The molecule has 0 bridgehead atoms. The molecule has 1 N–H and O–H groups in total. The van der Waals surface area contributed by atoms with Crippen molar-refractivity contribution in [3.63, 3.8) is 0 Å². The lowest BCUT2D eigenvalue weighted by Gasteiger charge is -2.36. The van der Waals surface area contributed by atoms with Gasteiger partial charge < -0.3 is 10.2 Å². The van der Waals surface area contributed by atoms with E-state index < -0.39 is 23.5 Å². The Balaban J connectivity index is 1.78. The number of amides is 2. The smallest absolute Gasteiger partial charge is 0.333 e. The number of nitrogens with zero attached hydrogens (tertiary/aromatic N) is 1. The zero-order valence-corrected chi connectivity index (χ0v) is 14.2. The van der Waals surface area contributed by atoms with E-state index >= 15 is 0 Å². The maximum absolute atomic E-state index is 13.2. The average molecular weight is 354 g/mol. The van der Waals surface area contributed by atoms with Gasteiger partial charge in [0.25, 0.3) is 5.91 Å². The number of benzene rings is 1.